The maximum absolute atomic E-state index is 12.5. The predicted molar refractivity (Wildman–Crippen MR) is 114 cm³/mol. The minimum Gasteiger partial charge on any atom is -0.325 e. The number of nitrogens with one attached hydrogen (secondary N) is 1. The zero-order valence-electron chi connectivity index (χ0n) is 16.4. The molecular weight excluding hydrogens is 370 g/mol. The number of carbonyl (C=O) groups is 1. The largest absolute Gasteiger partial charge is 0.325 e. The number of benzene rings is 2. The maximum Gasteiger partial charge on any atom is 0.271 e. The van der Waals surface area contributed by atoms with Crippen LogP contribution in [0.25, 0.3) is 5.69 Å². The summed E-state index contributed by atoms with van der Waals surface area (Å²) >= 11 is 1.32. The number of rotatable bonds is 5. The molecule has 28 heavy (non-hydrogen) atoms. The van der Waals surface area contributed by atoms with E-state index in [1.165, 1.54) is 28.1 Å². The molecule has 0 unspecified atom stereocenters. The summed E-state index contributed by atoms with van der Waals surface area (Å²) in [7, 11) is 0. The summed E-state index contributed by atoms with van der Waals surface area (Å²) in [5.41, 5.74) is 4.69. The molecule has 0 aliphatic heterocycles. The van der Waals surface area contributed by atoms with Gasteiger partial charge in [-0.25, -0.2) is 0 Å². The SMILES string of the molecule is Cc1ccc(-n2nc(S[C@H](C)C(=O)Nc3ccc(C)c(C)c3)ccc2=O)cc1. The van der Waals surface area contributed by atoms with Crippen molar-refractivity contribution in [2.24, 2.45) is 0 Å². The number of nitrogens with zero attached hydrogens (tertiary/aromatic N) is 2. The highest BCUT2D eigenvalue weighted by molar-refractivity contribution is 8.00. The minimum atomic E-state index is -0.363. The average Bonchev–Trinajstić information content (AvgIpc) is 2.67. The highest BCUT2D eigenvalue weighted by atomic mass is 32.2. The van der Waals surface area contributed by atoms with Crippen LogP contribution in [0.3, 0.4) is 0 Å². The molecule has 0 radical (unpaired) electrons. The van der Waals surface area contributed by atoms with E-state index in [1.54, 1.807) is 6.07 Å². The average molecular weight is 394 g/mol. The molecular formula is C22H23N3O2S. The van der Waals surface area contributed by atoms with Crippen molar-refractivity contribution in [3.63, 3.8) is 0 Å². The van der Waals surface area contributed by atoms with Crippen LogP contribution in [0.5, 0.6) is 0 Å². The summed E-state index contributed by atoms with van der Waals surface area (Å²) in [5.74, 6) is -0.108. The molecule has 1 N–H and O–H groups in total. The van der Waals surface area contributed by atoms with Gasteiger partial charge in [0.05, 0.1) is 10.9 Å². The van der Waals surface area contributed by atoms with Gasteiger partial charge in [-0.3, -0.25) is 9.59 Å². The fraction of sp³-hybridized carbons (Fsp3) is 0.227. The second-order valence-corrected chi connectivity index (χ2v) is 8.17. The Kier molecular flexibility index (Phi) is 5.99. The lowest BCUT2D eigenvalue weighted by Crippen LogP contribution is -2.24. The first-order valence-electron chi connectivity index (χ1n) is 9.06. The van der Waals surface area contributed by atoms with Gasteiger partial charge in [-0.15, -0.1) is 0 Å². The van der Waals surface area contributed by atoms with Crippen molar-refractivity contribution in [2.45, 2.75) is 38.0 Å². The van der Waals surface area contributed by atoms with Crippen molar-refractivity contribution >= 4 is 23.4 Å². The summed E-state index contributed by atoms with van der Waals surface area (Å²) in [5, 5.41) is 7.60. The van der Waals surface area contributed by atoms with E-state index >= 15 is 0 Å². The minimum absolute atomic E-state index is 0.108. The zero-order valence-corrected chi connectivity index (χ0v) is 17.2. The Morgan fingerprint density at radius 2 is 1.71 bits per heavy atom. The second kappa shape index (κ2) is 8.44. The lowest BCUT2D eigenvalue weighted by atomic mass is 10.1. The highest BCUT2D eigenvalue weighted by Gasteiger charge is 2.16. The highest BCUT2D eigenvalue weighted by Crippen LogP contribution is 2.22. The monoisotopic (exact) mass is 393 g/mol. The van der Waals surface area contributed by atoms with Gasteiger partial charge in [0, 0.05) is 11.8 Å². The first-order chi connectivity index (χ1) is 13.3. The number of aryl methyl sites for hydroxylation is 3. The standard InChI is InChI=1S/C22H23N3O2S/c1-14-5-9-19(10-6-14)25-21(26)12-11-20(24-25)28-17(4)22(27)23-18-8-7-15(2)16(3)13-18/h5-13,17H,1-4H3,(H,23,27)/t17-/m1/s1. The van der Waals surface area contributed by atoms with Crippen molar-refractivity contribution in [1.29, 1.82) is 0 Å². The second-order valence-electron chi connectivity index (χ2n) is 6.81. The molecule has 0 saturated carbocycles. The van der Waals surface area contributed by atoms with Crippen molar-refractivity contribution in [3.8, 4) is 5.69 Å². The quantitative estimate of drug-likeness (QED) is 0.657. The predicted octanol–water partition coefficient (Wildman–Crippen LogP) is 4.28. The smallest absolute Gasteiger partial charge is 0.271 e. The van der Waals surface area contributed by atoms with Gasteiger partial charge in [-0.1, -0.05) is 35.5 Å². The summed E-state index contributed by atoms with van der Waals surface area (Å²) in [4.78, 5) is 24.7. The molecule has 1 atom stereocenters. The third-order valence-corrected chi connectivity index (χ3v) is 5.52. The van der Waals surface area contributed by atoms with Crippen molar-refractivity contribution in [2.75, 3.05) is 5.32 Å². The van der Waals surface area contributed by atoms with E-state index < -0.39 is 0 Å². The van der Waals surface area contributed by atoms with Crippen LogP contribution in [0, 0.1) is 20.8 Å². The third-order valence-electron chi connectivity index (χ3n) is 4.50. The number of hydrogen-bond acceptors (Lipinski definition) is 4. The lowest BCUT2D eigenvalue weighted by Gasteiger charge is -2.13. The Hall–Kier alpha value is -2.86. The van der Waals surface area contributed by atoms with E-state index in [9.17, 15) is 9.59 Å². The molecule has 0 bridgehead atoms. The number of aromatic nitrogens is 2. The van der Waals surface area contributed by atoms with Gasteiger partial charge in [0.1, 0.15) is 5.03 Å². The van der Waals surface area contributed by atoms with E-state index in [0.29, 0.717) is 10.7 Å². The lowest BCUT2D eigenvalue weighted by molar-refractivity contribution is -0.115. The Morgan fingerprint density at radius 1 is 1.00 bits per heavy atom. The first kappa shape index (κ1) is 19.9. The van der Waals surface area contributed by atoms with Gasteiger partial charge in [0.25, 0.3) is 5.56 Å². The summed E-state index contributed by atoms with van der Waals surface area (Å²) in [6, 6.07) is 16.5. The fourth-order valence-corrected chi connectivity index (χ4v) is 3.43. The van der Waals surface area contributed by atoms with Crippen molar-refractivity contribution in [1.82, 2.24) is 9.78 Å². The Morgan fingerprint density at radius 3 is 2.39 bits per heavy atom. The number of amides is 1. The van der Waals surface area contributed by atoms with Crippen LogP contribution in [0.1, 0.15) is 23.6 Å². The summed E-state index contributed by atoms with van der Waals surface area (Å²) in [6.45, 7) is 7.86. The van der Waals surface area contributed by atoms with Crippen molar-refractivity contribution < 1.29 is 4.79 Å². The number of anilines is 1. The van der Waals surface area contributed by atoms with Gasteiger partial charge < -0.3 is 5.32 Å². The number of carbonyl (C=O) groups excluding carboxylic acids is 1. The first-order valence-corrected chi connectivity index (χ1v) is 9.93. The van der Waals surface area contributed by atoms with E-state index in [2.05, 4.69) is 10.4 Å². The van der Waals surface area contributed by atoms with Crippen LogP contribution in [-0.4, -0.2) is 20.9 Å². The van der Waals surface area contributed by atoms with E-state index in [1.807, 2.05) is 70.2 Å². The van der Waals surface area contributed by atoms with Gasteiger partial charge in [-0.05, 0) is 69.2 Å². The van der Waals surface area contributed by atoms with Crippen molar-refractivity contribution in [3.05, 3.63) is 81.6 Å². The molecule has 144 valence electrons. The van der Waals surface area contributed by atoms with E-state index in [-0.39, 0.29) is 16.7 Å². The van der Waals surface area contributed by atoms with Crippen LogP contribution in [0.15, 0.2) is 64.4 Å². The number of hydrogen-bond donors (Lipinski definition) is 1. The molecule has 3 aromatic rings. The van der Waals surface area contributed by atoms with Crippen LogP contribution in [-0.2, 0) is 4.79 Å². The molecule has 1 aromatic heterocycles. The molecule has 0 fully saturated rings. The van der Waals surface area contributed by atoms with Crippen LogP contribution < -0.4 is 10.9 Å². The molecule has 2 aromatic carbocycles. The molecule has 0 saturated heterocycles. The molecule has 3 rings (SSSR count). The van der Waals surface area contributed by atoms with E-state index in [0.717, 1.165) is 16.8 Å². The molecule has 0 spiro atoms. The molecule has 0 aliphatic carbocycles. The van der Waals surface area contributed by atoms with E-state index in [4.69, 9.17) is 0 Å². The molecule has 5 nitrogen and oxygen atoms in total. The molecule has 1 amide bonds. The Bertz CT molecular complexity index is 1060. The summed E-state index contributed by atoms with van der Waals surface area (Å²) in [6.07, 6.45) is 0. The fourth-order valence-electron chi connectivity index (χ4n) is 2.63. The third kappa shape index (κ3) is 4.70. The Balaban J connectivity index is 1.74. The zero-order chi connectivity index (χ0) is 20.3. The number of thioether (sulfide) groups is 1. The molecule has 1 heterocycles. The van der Waals surface area contributed by atoms with Gasteiger partial charge in [0.2, 0.25) is 5.91 Å². The van der Waals surface area contributed by atoms with Crippen LogP contribution in [0.4, 0.5) is 5.69 Å². The topological polar surface area (TPSA) is 64.0 Å². The van der Waals surface area contributed by atoms with Gasteiger partial charge >= 0.3 is 0 Å². The normalized spacial score (nSPS) is 11.9. The van der Waals surface area contributed by atoms with Crippen LogP contribution in [0.2, 0.25) is 0 Å². The Labute approximate surface area is 168 Å². The van der Waals surface area contributed by atoms with Gasteiger partial charge in [0.15, 0.2) is 0 Å². The maximum atomic E-state index is 12.5. The van der Waals surface area contributed by atoms with Gasteiger partial charge in [-0.2, -0.15) is 9.78 Å². The molecule has 0 aliphatic rings. The molecule has 6 heteroatoms. The summed E-state index contributed by atoms with van der Waals surface area (Å²) < 4.78 is 1.36. The van der Waals surface area contributed by atoms with Crippen LogP contribution >= 0.6 is 11.8 Å².